The number of phenolic OH excluding ortho intramolecular Hbond substituents is 1. The molecule has 2 aliphatic rings. The van der Waals surface area contributed by atoms with E-state index in [1.54, 1.807) is 23.1 Å². The van der Waals surface area contributed by atoms with Crippen LogP contribution < -0.4 is 0 Å². The summed E-state index contributed by atoms with van der Waals surface area (Å²) >= 11 is 0. The number of aromatic hydroxyl groups is 1. The summed E-state index contributed by atoms with van der Waals surface area (Å²) in [5, 5.41) is 21.0. The Morgan fingerprint density at radius 3 is 2.28 bits per heavy atom. The van der Waals surface area contributed by atoms with Gasteiger partial charge in [0.05, 0.1) is 11.6 Å². The topological polar surface area (TPSA) is 77.8 Å². The van der Waals surface area contributed by atoms with Crippen LogP contribution in [-0.2, 0) is 15.0 Å². The minimum Gasteiger partial charge on any atom is -0.508 e. The molecule has 4 rings (SSSR count). The highest BCUT2D eigenvalue weighted by Crippen LogP contribution is 2.47. The van der Waals surface area contributed by atoms with Gasteiger partial charge in [-0.2, -0.15) is 0 Å². The maximum absolute atomic E-state index is 13.1. The minimum absolute atomic E-state index is 0.00364. The quantitative estimate of drug-likeness (QED) is 0.801. The maximum Gasteiger partial charge on any atom is 0.290 e. The van der Waals surface area contributed by atoms with E-state index in [0.29, 0.717) is 12.1 Å². The van der Waals surface area contributed by atoms with Crippen molar-refractivity contribution in [3.63, 3.8) is 0 Å². The molecule has 0 saturated heterocycles. The first kappa shape index (κ1) is 19.2. The Morgan fingerprint density at radius 1 is 1.03 bits per heavy atom. The molecule has 1 fully saturated rings. The third-order valence-corrected chi connectivity index (χ3v) is 6.33. The van der Waals surface area contributed by atoms with E-state index in [1.807, 2.05) is 18.2 Å². The van der Waals surface area contributed by atoms with E-state index in [4.69, 9.17) is 0 Å². The molecule has 1 heterocycles. The lowest BCUT2D eigenvalue weighted by atomic mass is 9.78. The fraction of sp³-hybridized carbons (Fsp3) is 0.333. The first-order valence-corrected chi connectivity index (χ1v) is 10.0. The average molecular weight is 391 g/mol. The standard InChI is InChI=1S/C24H25NO4/c1-16(26)20-21(18-11-5-6-12-19(18)27)25(23(29)22(20)28)15-24(13-7-8-14-24)17-9-3-2-4-10-17/h2-6,9-12,21,27-28H,7-8,13-15H2,1H3. The van der Waals surface area contributed by atoms with Gasteiger partial charge in [-0.25, -0.2) is 0 Å². The molecule has 29 heavy (non-hydrogen) atoms. The maximum atomic E-state index is 13.1. The molecule has 0 aromatic heterocycles. The summed E-state index contributed by atoms with van der Waals surface area (Å²) < 4.78 is 0. The molecule has 1 amide bonds. The second-order valence-electron chi connectivity index (χ2n) is 8.07. The van der Waals surface area contributed by atoms with Gasteiger partial charge in [0.2, 0.25) is 0 Å². The Kier molecular flexibility index (Phi) is 4.91. The van der Waals surface area contributed by atoms with Crippen molar-refractivity contribution in [1.29, 1.82) is 0 Å². The number of para-hydroxylation sites is 1. The molecule has 5 heteroatoms. The number of hydrogen-bond acceptors (Lipinski definition) is 4. The Hall–Kier alpha value is -3.08. The summed E-state index contributed by atoms with van der Waals surface area (Å²) in [7, 11) is 0. The van der Waals surface area contributed by atoms with Gasteiger partial charge in [-0.15, -0.1) is 0 Å². The molecular weight excluding hydrogens is 366 g/mol. The van der Waals surface area contributed by atoms with Crippen molar-refractivity contribution < 1.29 is 19.8 Å². The van der Waals surface area contributed by atoms with Crippen molar-refractivity contribution in [3.05, 3.63) is 77.1 Å². The lowest BCUT2D eigenvalue weighted by Gasteiger charge is -2.37. The van der Waals surface area contributed by atoms with Crippen molar-refractivity contribution >= 4 is 11.7 Å². The van der Waals surface area contributed by atoms with Gasteiger partial charge in [0.1, 0.15) is 5.75 Å². The second kappa shape index (κ2) is 7.39. The van der Waals surface area contributed by atoms with Crippen molar-refractivity contribution in [2.45, 2.75) is 44.1 Å². The van der Waals surface area contributed by atoms with Crippen LogP contribution in [0.5, 0.6) is 5.75 Å². The molecule has 150 valence electrons. The predicted molar refractivity (Wildman–Crippen MR) is 109 cm³/mol. The average Bonchev–Trinajstić information content (AvgIpc) is 3.29. The summed E-state index contributed by atoms with van der Waals surface area (Å²) in [6.45, 7) is 1.73. The number of nitrogens with zero attached hydrogens (tertiary/aromatic N) is 1. The van der Waals surface area contributed by atoms with Gasteiger partial charge in [-0.05, 0) is 31.4 Å². The normalized spacial score (nSPS) is 21.1. The number of rotatable bonds is 5. The summed E-state index contributed by atoms with van der Waals surface area (Å²) in [4.78, 5) is 27.0. The highest BCUT2D eigenvalue weighted by Gasteiger charge is 2.47. The molecular formula is C24H25NO4. The smallest absolute Gasteiger partial charge is 0.290 e. The number of carbonyl (C=O) groups is 2. The van der Waals surface area contributed by atoms with Crippen LogP contribution in [-0.4, -0.2) is 33.3 Å². The fourth-order valence-electron chi connectivity index (χ4n) is 4.93. The molecule has 1 aliphatic carbocycles. The third kappa shape index (κ3) is 3.20. The third-order valence-electron chi connectivity index (χ3n) is 6.33. The zero-order chi connectivity index (χ0) is 20.6. The second-order valence-corrected chi connectivity index (χ2v) is 8.07. The van der Waals surface area contributed by atoms with E-state index in [2.05, 4.69) is 12.1 Å². The largest absolute Gasteiger partial charge is 0.508 e. The van der Waals surface area contributed by atoms with Crippen LogP contribution >= 0.6 is 0 Å². The zero-order valence-electron chi connectivity index (χ0n) is 16.5. The molecule has 0 radical (unpaired) electrons. The highest BCUT2D eigenvalue weighted by molar-refractivity contribution is 6.08. The van der Waals surface area contributed by atoms with Crippen LogP contribution in [0, 0.1) is 0 Å². The molecule has 5 nitrogen and oxygen atoms in total. The van der Waals surface area contributed by atoms with E-state index >= 15 is 0 Å². The highest BCUT2D eigenvalue weighted by atomic mass is 16.3. The summed E-state index contributed by atoms with van der Waals surface area (Å²) in [6, 6.07) is 16.0. The van der Waals surface area contributed by atoms with E-state index in [9.17, 15) is 19.8 Å². The number of benzene rings is 2. The molecule has 0 bridgehead atoms. The van der Waals surface area contributed by atoms with Gasteiger partial charge in [0, 0.05) is 17.5 Å². The van der Waals surface area contributed by atoms with Crippen LogP contribution in [0.2, 0.25) is 0 Å². The molecule has 1 atom stereocenters. The Bertz CT molecular complexity index is 973. The van der Waals surface area contributed by atoms with Crippen LogP contribution in [0.25, 0.3) is 0 Å². The number of phenols is 1. The van der Waals surface area contributed by atoms with Gasteiger partial charge in [-0.1, -0.05) is 61.4 Å². The number of aliphatic hydroxyl groups excluding tert-OH is 1. The predicted octanol–water partition coefficient (Wildman–Crippen LogP) is 4.19. The van der Waals surface area contributed by atoms with Crippen LogP contribution in [0.1, 0.15) is 49.8 Å². The molecule has 1 unspecified atom stereocenters. The summed E-state index contributed by atoms with van der Waals surface area (Å²) in [5.41, 5.74) is 1.44. The van der Waals surface area contributed by atoms with Gasteiger partial charge < -0.3 is 15.1 Å². The van der Waals surface area contributed by atoms with Gasteiger partial charge in [0.25, 0.3) is 5.91 Å². The van der Waals surface area contributed by atoms with Gasteiger partial charge in [0.15, 0.2) is 11.5 Å². The number of aliphatic hydroxyl groups is 1. The first-order chi connectivity index (χ1) is 13.9. The van der Waals surface area contributed by atoms with Crippen molar-refractivity contribution in [2.24, 2.45) is 0 Å². The minimum atomic E-state index is -0.789. The lowest BCUT2D eigenvalue weighted by molar-refractivity contribution is -0.130. The number of hydrogen-bond donors (Lipinski definition) is 2. The monoisotopic (exact) mass is 391 g/mol. The van der Waals surface area contributed by atoms with Crippen LogP contribution in [0.15, 0.2) is 65.9 Å². The van der Waals surface area contributed by atoms with Gasteiger partial charge >= 0.3 is 0 Å². The SMILES string of the molecule is CC(=O)C1=C(O)C(=O)N(CC2(c3ccccc3)CCCC2)C1c1ccccc1O. The molecule has 2 aromatic carbocycles. The van der Waals surface area contributed by atoms with E-state index in [1.165, 1.54) is 13.0 Å². The first-order valence-electron chi connectivity index (χ1n) is 10.0. The van der Waals surface area contributed by atoms with E-state index in [-0.39, 0.29) is 22.5 Å². The summed E-state index contributed by atoms with van der Waals surface area (Å²) in [5.74, 6) is -1.42. The Labute approximate surface area is 170 Å². The number of Topliss-reactive ketones (excluding diaryl/α,β-unsaturated/α-hetero) is 1. The Morgan fingerprint density at radius 2 is 1.66 bits per heavy atom. The zero-order valence-corrected chi connectivity index (χ0v) is 16.5. The lowest BCUT2D eigenvalue weighted by Crippen LogP contribution is -2.42. The number of carbonyl (C=O) groups excluding carboxylic acids is 2. The van der Waals surface area contributed by atoms with Crippen molar-refractivity contribution in [1.82, 2.24) is 4.90 Å². The molecule has 1 aliphatic heterocycles. The number of ketones is 1. The van der Waals surface area contributed by atoms with E-state index in [0.717, 1.165) is 31.2 Å². The van der Waals surface area contributed by atoms with E-state index < -0.39 is 17.7 Å². The molecule has 0 spiro atoms. The van der Waals surface area contributed by atoms with Crippen molar-refractivity contribution in [3.8, 4) is 5.75 Å². The van der Waals surface area contributed by atoms with Crippen molar-refractivity contribution in [2.75, 3.05) is 6.54 Å². The molecule has 2 N–H and O–H groups in total. The summed E-state index contributed by atoms with van der Waals surface area (Å²) in [6.07, 6.45) is 4.00. The fourth-order valence-corrected chi connectivity index (χ4v) is 4.93. The number of amides is 1. The van der Waals surface area contributed by atoms with Crippen LogP contribution in [0.4, 0.5) is 0 Å². The van der Waals surface area contributed by atoms with Gasteiger partial charge in [-0.3, -0.25) is 9.59 Å². The molecule has 2 aromatic rings. The molecule has 1 saturated carbocycles. The Balaban J connectivity index is 1.80. The van der Waals surface area contributed by atoms with Crippen LogP contribution in [0.3, 0.4) is 0 Å².